The molecule has 0 unspecified atom stereocenters. The molecule has 0 aliphatic carbocycles. The average molecular weight is 313 g/mol. The van der Waals surface area contributed by atoms with Crippen LogP contribution in [0.5, 0.6) is 0 Å². The molecule has 0 spiro atoms. The molecule has 108 valence electrons. The Kier molecular flexibility index (Phi) is 3.29. The summed E-state index contributed by atoms with van der Waals surface area (Å²) in [6.07, 6.45) is -2.24. The van der Waals surface area contributed by atoms with E-state index in [1.54, 1.807) is 24.3 Å². The van der Waals surface area contributed by atoms with E-state index in [1.807, 2.05) is 0 Å². The van der Waals surface area contributed by atoms with Crippen molar-refractivity contribution in [1.29, 1.82) is 0 Å². The van der Waals surface area contributed by atoms with E-state index >= 15 is 0 Å². The molecule has 0 radical (unpaired) electrons. The molecule has 0 atom stereocenters. The van der Waals surface area contributed by atoms with Crippen molar-refractivity contribution >= 4 is 22.5 Å². The van der Waals surface area contributed by atoms with Crippen LogP contribution in [0, 0.1) is 0 Å². The molecule has 0 N–H and O–H groups in total. The van der Waals surface area contributed by atoms with Crippen molar-refractivity contribution < 1.29 is 13.2 Å². The van der Waals surface area contributed by atoms with Crippen molar-refractivity contribution in [3.8, 4) is 0 Å². The van der Waals surface area contributed by atoms with Crippen molar-refractivity contribution in [2.24, 2.45) is 0 Å². The predicted octanol–water partition coefficient (Wildman–Crippen LogP) is 3.55. The lowest BCUT2D eigenvalue weighted by Gasteiger charge is -2.04. The number of pyridine rings is 1. The van der Waals surface area contributed by atoms with Crippen LogP contribution in [0.4, 0.5) is 13.2 Å². The van der Waals surface area contributed by atoms with E-state index in [4.69, 9.17) is 11.6 Å². The monoisotopic (exact) mass is 312 g/mol. The first-order valence-corrected chi connectivity index (χ1v) is 6.31. The molecule has 21 heavy (non-hydrogen) atoms. The van der Waals surface area contributed by atoms with Crippen LogP contribution < -0.4 is 0 Å². The van der Waals surface area contributed by atoms with Crippen LogP contribution in [0.2, 0.25) is 5.02 Å². The molecule has 0 aliphatic heterocycles. The van der Waals surface area contributed by atoms with Gasteiger partial charge in [-0.2, -0.15) is 23.1 Å². The lowest BCUT2D eigenvalue weighted by atomic mass is 10.1. The number of alkyl halides is 3. The van der Waals surface area contributed by atoms with Gasteiger partial charge in [-0.3, -0.25) is 4.98 Å². The summed E-state index contributed by atoms with van der Waals surface area (Å²) in [7, 11) is 0. The quantitative estimate of drug-likeness (QED) is 0.727. The smallest absolute Gasteiger partial charge is 0.255 e. The maximum absolute atomic E-state index is 12.5. The highest BCUT2D eigenvalue weighted by atomic mass is 35.5. The number of hydrogen-bond acceptors (Lipinski definition) is 3. The third-order valence-corrected chi connectivity index (χ3v) is 3.07. The Morgan fingerprint density at radius 2 is 1.95 bits per heavy atom. The Bertz CT molecular complexity index is 797. The van der Waals surface area contributed by atoms with Gasteiger partial charge in [-0.05, 0) is 23.8 Å². The molecular formula is C13H8ClF3N4. The molecule has 1 aromatic carbocycles. The summed E-state index contributed by atoms with van der Waals surface area (Å²) in [6.45, 7) is 0.137. The Morgan fingerprint density at radius 3 is 2.67 bits per heavy atom. The molecule has 2 heterocycles. The Balaban J connectivity index is 1.89. The number of rotatable bonds is 2. The zero-order valence-corrected chi connectivity index (χ0v) is 11.2. The second-order valence-electron chi connectivity index (χ2n) is 4.44. The summed E-state index contributed by atoms with van der Waals surface area (Å²) in [5.74, 6) is 0. The highest BCUT2D eigenvalue weighted by molar-refractivity contribution is 6.31. The number of benzene rings is 1. The van der Waals surface area contributed by atoms with E-state index in [-0.39, 0.29) is 6.54 Å². The molecule has 0 fully saturated rings. The molecule has 3 rings (SSSR count). The molecule has 0 bridgehead atoms. The largest absolute Gasteiger partial charge is 0.436 e. The van der Waals surface area contributed by atoms with Gasteiger partial charge in [-0.1, -0.05) is 17.7 Å². The van der Waals surface area contributed by atoms with Crippen LogP contribution >= 0.6 is 11.6 Å². The minimum absolute atomic E-state index is 0.137. The predicted molar refractivity (Wildman–Crippen MR) is 70.9 cm³/mol. The summed E-state index contributed by atoms with van der Waals surface area (Å²) >= 11 is 5.87. The van der Waals surface area contributed by atoms with Gasteiger partial charge >= 0.3 is 6.18 Å². The van der Waals surface area contributed by atoms with Crippen LogP contribution in [0.1, 0.15) is 11.3 Å². The normalized spacial score (nSPS) is 12.0. The van der Waals surface area contributed by atoms with Crippen molar-refractivity contribution in [2.45, 2.75) is 12.7 Å². The first kappa shape index (κ1) is 13.8. The fourth-order valence-electron chi connectivity index (χ4n) is 1.92. The minimum atomic E-state index is -4.49. The summed E-state index contributed by atoms with van der Waals surface area (Å²) in [5.41, 5.74) is 0.511. The fraction of sp³-hybridized carbons (Fsp3) is 0.154. The maximum atomic E-state index is 12.5. The van der Waals surface area contributed by atoms with Gasteiger partial charge in [0.1, 0.15) is 0 Å². The molecule has 4 nitrogen and oxygen atoms in total. The zero-order chi connectivity index (χ0) is 15.0. The molecule has 3 aromatic rings. The molecule has 0 amide bonds. The number of aromatic nitrogens is 4. The first-order chi connectivity index (χ1) is 9.91. The number of halogens is 4. The van der Waals surface area contributed by atoms with Crippen LogP contribution in [-0.2, 0) is 12.7 Å². The minimum Gasteiger partial charge on any atom is -0.255 e. The topological polar surface area (TPSA) is 43.6 Å². The van der Waals surface area contributed by atoms with E-state index < -0.39 is 11.9 Å². The second kappa shape index (κ2) is 5.00. The zero-order valence-electron chi connectivity index (χ0n) is 10.5. The van der Waals surface area contributed by atoms with Gasteiger partial charge in [-0.15, -0.1) is 5.10 Å². The Hall–Kier alpha value is -2.15. The lowest BCUT2D eigenvalue weighted by Crippen LogP contribution is -2.09. The maximum Gasteiger partial charge on any atom is 0.436 e. The third-order valence-electron chi connectivity index (χ3n) is 2.86. The summed E-state index contributed by atoms with van der Waals surface area (Å²) in [4.78, 5) is 5.15. The summed E-state index contributed by atoms with van der Waals surface area (Å²) in [5, 5.41) is 8.34. The van der Waals surface area contributed by atoms with E-state index in [2.05, 4.69) is 15.2 Å². The molecule has 0 saturated heterocycles. The van der Waals surface area contributed by atoms with Gasteiger partial charge in [0.15, 0.2) is 5.69 Å². The fourth-order valence-corrected chi connectivity index (χ4v) is 2.09. The number of nitrogens with zero attached hydrogens (tertiary/aromatic N) is 4. The lowest BCUT2D eigenvalue weighted by molar-refractivity contribution is -0.141. The first-order valence-electron chi connectivity index (χ1n) is 5.93. The Morgan fingerprint density at radius 1 is 1.14 bits per heavy atom. The molecular weight excluding hydrogens is 305 g/mol. The van der Waals surface area contributed by atoms with E-state index in [0.717, 1.165) is 21.3 Å². The van der Waals surface area contributed by atoms with Crippen molar-refractivity contribution in [3.05, 3.63) is 52.9 Å². The summed E-state index contributed by atoms with van der Waals surface area (Å²) in [6, 6.07) is 7.07. The number of fused-ring (bicyclic) bond motifs is 1. The van der Waals surface area contributed by atoms with Gasteiger partial charge < -0.3 is 0 Å². The van der Waals surface area contributed by atoms with Crippen LogP contribution in [0.25, 0.3) is 10.9 Å². The SMILES string of the molecule is FC(F)(F)c1cnn(Cc2ccc3ncc(Cl)cc3c2)n1. The average Bonchev–Trinajstić information content (AvgIpc) is 2.86. The summed E-state index contributed by atoms with van der Waals surface area (Å²) < 4.78 is 37.4. The van der Waals surface area contributed by atoms with Crippen LogP contribution in [0.3, 0.4) is 0 Å². The van der Waals surface area contributed by atoms with E-state index in [1.165, 1.54) is 6.20 Å². The highest BCUT2D eigenvalue weighted by Gasteiger charge is 2.34. The Labute approximate surface area is 122 Å². The molecule has 0 saturated carbocycles. The van der Waals surface area contributed by atoms with Gasteiger partial charge in [0, 0.05) is 11.6 Å². The molecule has 0 aliphatic rings. The van der Waals surface area contributed by atoms with E-state index in [0.29, 0.717) is 11.2 Å². The van der Waals surface area contributed by atoms with E-state index in [9.17, 15) is 13.2 Å². The molecule has 2 aromatic heterocycles. The van der Waals surface area contributed by atoms with Gasteiger partial charge in [0.05, 0.1) is 23.3 Å². The van der Waals surface area contributed by atoms with Gasteiger partial charge in [0.25, 0.3) is 0 Å². The van der Waals surface area contributed by atoms with Crippen molar-refractivity contribution in [3.63, 3.8) is 0 Å². The third kappa shape index (κ3) is 2.97. The number of hydrogen-bond donors (Lipinski definition) is 0. The molecule has 8 heteroatoms. The van der Waals surface area contributed by atoms with Crippen LogP contribution in [0.15, 0.2) is 36.7 Å². The highest BCUT2D eigenvalue weighted by Crippen LogP contribution is 2.26. The van der Waals surface area contributed by atoms with Gasteiger partial charge in [0.2, 0.25) is 0 Å². The van der Waals surface area contributed by atoms with Crippen LogP contribution in [-0.4, -0.2) is 20.0 Å². The van der Waals surface area contributed by atoms with Gasteiger partial charge in [-0.25, -0.2) is 0 Å². The van der Waals surface area contributed by atoms with Crippen molar-refractivity contribution in [2.75, 3.05) is 0 Å². The standard InChI is InChI=1S/C13H8ClF3N4/c14-10-4-9-3-8(1-2-11(9)18-5-10)7-21-19-6-12(20-21)13(15,16)17/h1-6H,7H2. The van der Waals surface area contributed by atoms with Crippen molar-refractivity contribution in [1.82, 2.24) is 20.0 Å². The second-order valence-corrected chi connectivity index (χ2v) is 4.87.